The van der Waals surface area contributed by atoms with Crippen molar-refractivity contribution < 1.29 is 5.11 Å². The Morgan fingerprint density at radius 3 is 2.93 bits per heavy atom. The lowest BCUT2D eigenvalue weighted by atomic mass is 10.2. The van der Waals surface area contributed by atoms with Crippen molar-refractivity contribution in [3.05, 3.63) is 34.3 Å². The molecule has 0 aromatic heterocycles. The number of hydrogen-bond donors (Lipinski definition) is 2. The van der Waals surface area contributed by atoms with E-state index in [4.69, 9.17) is 5.11 Å². The lowest BCUT2D eigenvalue weighted by molar-refractivity contribution is 0.233. The van der Waals surface area contributed by atoms with Gasteiger partial charge < -0.3 is 10.4 Å². The first-order valence-corrected chi connectivity index (χ1v) is 5.57. The van der Waals surface area contributed by atoms with Gasteiger partial charge in [-0.1, -0.05) is 35.0 Å². The SMILES string of the molecule is CC(CO)CNCc1cccc(Br)c1. The standard InChI is InChI=1S/C11H16BrNO/c1-9(8-14)6-13-7-10-3-2-4-11(12)5-10/h2-5,9,13-14H,6-8H2,1H3. The van der Waals surface area contributed by atoms with Crippen LogP contribution in [0.1, 0.15) is 12.5 Å². The van der Waals surface area contributed by atoms with Gasteiger partial charge in [-0.2, -0.15) is 0 Å². The molecule has 0 spiro atoms. The highest BCUT2D eigenvalue weighted by molar-refractivity contribution is 9.10. The van der Waals surface area contributed by atoms with E-state index < -0.39 is 0 Å². The van der Waals surface area contributed by atoms with E-state index in [2.05, 4.69) is 33.4 Å². The molecule has 2 N–H and O–H groups in total. The van der Waals surface area contributed by atoms with Gasteiger partial charge in [-0.3, -0.25) is 0 Å². The molecular weight excluding hydrogens is 242 g/mol. The van der Waals surface area contributed by atoms with Gasteiger partial charge >= 0.3 is 0 Å². The van der Waals surface area contributed by atoms with E-state index in [1.165, 1.54) is 5.56 Å². The van der Waals surface area contributed by atoms with Crippen LogP contribution < -0.4 is 5.32 Å². The van der Waals surface area contributed by atoms with Crippen LogP contribution in [0.3, 0.4) is 0 Å². The van der Waals surface area contributed by atoms with Gasteiger partial charge in [-0.15, -0.1) is 0 Å². The number of benzene rings is 1. The lowest BCUT2D eigenvalue weighted by Crippen LogP contribution is -2.22. The summed E-state index contributed by atoms with van der Waals surface area (Å²) in [5.41, 5.74) is 1.25. The maximum absolute atomic E-state index is 8.83. The van der Waals surface area contributed by atoms with Crippen molar-refractivity contribution in [2.24, 2.45) is 5.92 Å². The molecule has 2 nitrogen and oxygen atoms in total. The summed E-state index contributed by atoms with van der Waals surface area (Å²) in [4.78, 5) is 0. The highest BCUT2D eigenvalue weighted by atomic mass is 79.9. The van der Waals surface area contributed by atoms with Gasteiger partial charge in [0.2, 0.25) is 0 Å². The summed E-state index contributed by atoms with van der Waals surface area (Å²) >= 11 is 3.43. The van der Waals surface area contributed by atoms with Crippen LogP contribution in [0.2, 0.25) is 0 Å². The normalized spacial score (nSPS) is 12.8. The summed E-state index contributed by atoms with van der Waals surface area (Å²) in [6.45, 7) is 3.96. The zero-order chi connectivity index (χ0) is 10.4. The molecule has 0 fully saturated rings. The quantitative estimate of drug-likeness (QED) is 0.848. The second-order valence-electron chi connectivity index (χ2n) is 3.55. The molecule has 0 radical (unpaired) electrons. The number of hydrogen-bond acceptors (Lipinski definition) is 2. The molecule has 3 heteroatoms. The molecule has 1 unspecified atom stereocenters. The Morgan fingerprint density at radius 1 is 1.50 bits per heavy atom. The van der Waals surface area contributed by atoms with Crippen LogP contribution in [0.5, 0.6) is 0 Å². The van der Waals surface area contributed by atoms with Gasteiger partial charge in [0.05, 0.1) is 0 Å². The molecule has 1 aromatic rings. The molecular formula is C11H16BrNO. The second kappa shape index (κ2) is 6.17. The highest BCUT2D eigenvalue weighted by Gasteiger charge is 1.99. The van der Waals surface area contributed by atoms with Gasteiger partial charge in [-0.25, -0.2) is 0 Å². The average Bonchev–Trinajstić information content (AvgIpc) is 2.17. The predicted molar refractivity (Wildman–Crippen MR) is 62.1 cm³/mol. The molecule has 0 aliphatic carbocycles. The maximum Gasteiger partial charge on any atom is 0.0468 e. The summed E-state index contributed by atoms with van der Waals surface area (Å²) in [6, 6.07) is 8.22. The third-order valence-corrected chi connectivity index (χ3v) is 2.52. The molecule has 0 aliphatic rings. The molecule has 0 amide bonds. The zero-order valence-corrected chi connectivity index (χ0v) is 9.92. The van der Waals surface area contributed by atoms with E-state index >= 15 is 0 Å². The average molecular weight is 258 g/mol. The van der Waals surface area contributed by atoms with E-state index in [0.717, 1.165) is 17.6 Å². The zero-order valence-electron chi connectivity index (χ0n) is 8.33. The van der Waals surface area contributed by atoms with Crippen molar-refractivity contribution in [1.82, 2.24) is 5.32 Å². The Kier molecular flexibility index (Phi) is 5.15. The Hall–Kier alpha value is -0.380. The Morgan fingerprint density at radius 2 is 2.29 bits per heavy atom. The molecule has 0 aliphatic heterocycles. The van der Waals surface area contributed by atoms with Crippen LogP contribution in [-0.4, -0.2) is 18.3 Å². The maximum atomic E-state index is 8.83. The van der Waals surface area contributed by atoms with E-state index in [1.54, 1.807) is 0 Å². The van der Waals surface area contributed by atoms with Crippen molar-refractivity contribution in [1.29, 1.82) is 0 Å². The first kappa shape index (κ1) is 11.7. The monoisotopic (exact) mass is 257 g/mol. The van der Waals surface area contributed by atoms with E-state index in [9.17, 15) is 0 Å². The number of nitrogens with one attached hydrogen (secondary N) is 1. The van der Waals surface area contributed by atoms with Gasteiger partial charge in [0.1, 0.15) is 0 Å². The number of aliphatic hydroxyl groups excluding tert-OH is 1. The summed E-state index contributed by atoms with van der Waals surface area (Å²) in [7, 11) is 0. The summed E-state index contributed by atoms with van der Waals surface area (Å²) in [5.74, 6) is 0.321. The Balaban J connectivity index is 2.31. The Labute approximate surface area is 93.5 Å². The summed E-state index contributed by atoms with van der Waals surface area (Å²) in [6.07, 6.45) is 0. The molecule has 0 saturated heterocycles. The number of aliphatic hydroxyl groups is 1. The first-order valence-electron chi connectivity index (χ1n) is 4.78. The van der Waals surface area contributed by atoms with E-state index in [-0.39, 0.29) is 6.61 Å². The van der Waals surface area contributed by atoms with Crippen molar-refractivity contribution in [3.63, 3.8) is 0 Å². The highest BCUT2D eigenvalue weighted by Crippen LogP contribution is 2.11. The van der Waals surface area contributed by atoms with Crippen LogP contribution in [0.15, 0.2) is 28.7 Å². The molecule has 78 valence electrons. The molecule has 1 atom stereocenters. The minimum absolute atomic E-state index is 0.242. The molecule has 0 heterocycles. The fourth-order valence-electron chi connectivity index (χ4n) is 1.17. The molecule has 1 aromatic carbocycles. The fourth-order valence-corrected chi connectivity index (χ4v) is 1.62. The van der Waals surface area contributed by atoms with Crippen LogP contribution in [0, 0.1) is 5.92 Å². The summed E-state index contributed by atoms with van der Waals surface area (Å²) in [5, 5.41) is 12.1. The van der Waals surface area contributed by atoms with E-state index in [1.807, 2.05) is 19.1 Å². The van der Waals surface area contributed by atoms with Gasteiger partial charge in [0.25, 0.3) is 0 Å². The van der Waals surface area contributed by atoms with Crippen LogP contribution in [0.25, 0.3) is 0 Å². The fraction of sp³-hybridized carbons (Fsp3) is 0.455. The number of rotatable bonds is 5. The lowest BCUT2D eigenvalue weighted by Gasteiger charge is -2.09. The minimum atomic E-state index is 0.242. The third-order valence-electron chi connectivity index (χ3n) is 2.02. The van der Waals surface area contributed by atoms with Crippen LogP contribution in [-0.2, 0) is 6.54 Å². The number of halogens is 1. The Bertz CT molecular complexity index is 278. The summed E-state index contributed by atoms with van der Waals surface area (Å²) < 4.78 is 1.10. The van der Waals surface area contributed by atoms with Crippen molar-refractivity contribution in [3.8, 4) is 0 Å². The van der Waals surface area contributed by atoms with Gasteiger partial charge in [0, 0.05) is 24.2 Å². The predicted octanol–water partition coefficient (Wildman–Crippen LogP) is 2.17. The van der Waals surface area contributed by atoms with Crippen molar-refractivity contribution in [2.75, 3.05) is 13.2 Å². The third kappa shape index (κ3) is 4.22. The smallest absolute Gasteiger partial charge is 0.0468 e. The molecule has 1 rings (SSSR count). The van der Waals surface area contributed by atoms with E-state index in [0.29, 0.717) is 5.92 Å². The van der Waals surface area contributed by atoms with Crippen molar-refractivity contribution in [2.45, 2.75) is 13.5 Å². The topological polar surface area (TPSA) is 32.3 Å². The second-order valence-corrected chi connectivity index (χ2v) is 4.46. The first-order chi connectivity index (χ1) is 6.72. The van der Waals surface area contributed by atoms with Crippen LogP contribution >= 0.6 is 15.9 Å². The molecule has 14 heavy (non-hydrogen) atoms. The minimum Gasteiger partial charge on any atom is -0.396 e. The molecule has 0 bridgehead atoms. The van der Waals surface area contributed by atoms with Crippen molar-refractivity contribution >= 4 is 15.9 Å². The van der Waals surface area contributed by atoms with Crippen LogP contribution in [0.4, 0.5) is 0 Å². The molecule has 0 saturated carbocycles. The largest absolute Gasteiger partial charge is 0.396 e. The van der Waals surface area contributed by atoms with Gasteiger partial charge in [0.15, 0.2) is 0 Å². The van der Waals surface area contributed by atoms with Gasteiger partial charge in [-0.05, 0) is 23.6 Å².